The van der Waals surface area contributed by atoms with E-state index in [1.165, 1.54) is 0 Å². The number of aromatic nitrogens is 1. The number of carboxylic acid groups (broad SMARTS) is 1. The number of anilines is 1. The molecule has 4 aromatic rings. The van der Waals surface area contributed by atoms with Gasteiger partial charge in [-0.3, -0.25) is 4.79 Å². The number of oxazole rings is 1. The zero-order valence-electron chi connectivity index (χ0n) is 18.1. The zero-order chi connectivity index (χ0) is 22.8. The summed E-state index contributed by atoms with van der Waals surface area (Å²) in [5, 5.41) is 10.3. The van der Waals surface area contributed by atoms with Crippen molar-refractivity contribution in [1.29, 1.82) is 0 Å². The first kappa shape index (κ1) is 21.1. The molecule has 5 nitrogen and oxygen atoms in total. The van der Waals surface area contributed by atoms with E-state index in [-0.39, 0.29) is 6.54 Å². The van der Waals surface area contributed by atoms with Crippen LogP contribution in [-0.2, 0) is 4.79 Å². The Hall–Kier alpha value is -3.77. The van der Waals surface area contributed by atoms with Crippen LogP contribution in [0, 0.1) is 0 Å². The SMILES string of the molecule is CC/C(C=C1Sc2ccccc2N1CC(=O)O)=C/c1nc2cc(-c3ccccc3)ccc2o1. The minimum Gasteiger partial charge on any atom is -0.480 e. The summed E-state index contributed by atoms with van der Waals surface area (Å²) in [6.45, 7) is 1.98. The Morgan fingerprint density at radius 3 is 2.64 bits per heavy atom. The van der Waals surface area contributed by atoms with Gasteiger partial charge in [-0.15, -0.1) is 0 Å². The third-order valence-corrected chi connectivity index (χ3v) is 6.58. The number of rotatable bonds is 6. The van der Waals surface area contributed by atoms with Crippen LogP contribution in [0.4, 0.5) is 5.69 Å². The summed E-state index contributed by atoms with van der Waals surface area (Å²) < 4.78 is 5.98. The molecule has 0 aliphatic carbocycles. The first-order valence-corrected chi connectivity index (χ1v) is 11.6. The molecule has 0 atom stereocenters. The van der Waals surface area contributed by atoms with E-state index in [2.05, 4.69) is 24.0 Å². The van der Waals surface area contributed by atoms with Crippen LogP contribution in [0.2, 0.25) is 0 Å². The Kier molecular flexibility index (Phi) is 5.75. The lowest BCUT2D eigenvalue weighted by Gasteiger charge is -2.18. The number of carbonyl (C=O) groups is 1. The molecular weight excluding hydrogens is 432 g/mol. The van der Waals surface area contributed by atoms with E-state index >= 15 is 0 Å². The van der Waals surface area contributed by atoms with Gasteiger partial charge in [-0.25, -0.2) is 4.98 Å². The van der Waals surface area contributed by atoms with Crippen molar-refractivity contribution in [2.45, 2.75) is 18.2 Å². The van der Waals surface area contributed by atoms with Crippen molar-refractivity contribution in [2.24, 2.45) is 0 Å². The summed E-state index contributed by atoms with van der Waals surface area (Å²) in [4.78, 5) is 19.0. The van der Waals surface area contributed by atoms with Crippen LogP contribution in [-0.4, -0.2) is 22.6 Å². The molecule has 164 valence electrons. The van der Waals surface area contributed by atoms with Crippen molar-refractivity contribution in [3.05, 3.63) is 95.4 Å². The van der Waals surface area contributed by atoms with Crippen molar-refractivity contribution in [3.8, 4) is 11.1 Å². The van der Waals surface area contributed by atoms with Gasteiger partial charge in [-0.05, 0) is 53.5 Å². The van der Waals surface area contributed by atoms with Gasteiger partial charge >= 0.3 is 5.97 Å². The zero-order valence-corrected chi connectivity index (χ0v) is 18.9. The molecule has 0 saturated heterocycles. The Morgan fingerprint density at radius 2 is 1.85 bits per heavy atom. The van der Waals surface area contributed by atoms with Crippen LogP contribution in [0.25, 0.3) is 28.3 Å². The lowest BCUT2D eigenvalue weighted by molar-refractivity contribution is -0.135. The molecular formula is C27H22N2O3S. The fourth-order valence-electron chi connectivity index (χ4n) is 3.84. The fraction of sp³-hybridized carbons (Fsp3) is 0.111. The highest BCUT2D eigenvalue weighted by Gasteiger charge is 2.26. The van der Waals surface area contributed by atoms with Gasteiger partial charge < -0.3 is 14.4 Å². The van der Waals surface area contributed by atoms with Gasteiger partial charge in [0.1, 0.15) is 12.1 Å². The molecule has 1 N–H and O–H groups in total. The van der Waals surface area contributed by atoms with Gasteiger partial charge in [0.05, 0.1) is 10.7 Å². The smallest absolute Gasteiger partial charge is 0.323 e. The average Bonchev–Trinajstić information content (AvgIpc) is 3.39. The fourth-order valence-corrected chi connectivity index (χ4v) is 4.98. The number of thioether (sulfide) groups is 1. The Balaban J connectivity index is 1.47. The monoisotopic (exact) mass is 454 g/mol. The van der Waals surface area contributed by atoms with Crippen molar-refractivity contribution in [3.63, 3.8) is 0 Å². The second-order valence-electron chi connectivity index (χ2n) is 7.71. The summed E-state index contributed by atoms with van der Waals surface area (Å²) in [6, 6.07) is 24.1. The predicted molar refractivity (Wildman–Crippen MR) is 133 cm³/mol. The number of nitrogens with zero attached hydrogens (tertiary/aromatic N) is 2. The first-order chi connectivity index (χ1) is 16.1. The minimum atomic E-state index is -0.867. The average molecular weight is 455 g/mol. The number of hydrogen-bond acceptors (Lipinski definition) is 5. The third-order valence-electron chi connectivity index (χ3n) is 5.47. The second kappa shape index (κ2) is 9.00. The normalized spacial score (nSPS) is 14.8. The molecule has 3 aromatic carbocycles. The molecule has 0 saturated carbocycles. The number of carboxylic acids is 1. The highest BCUT2D eigenvalue weighted by molar-refractivity contribution is 8.03. The van der Waals surface area contributed by atoms with E-state index in [1.54, 1.807) is 11.8 Å². The Bertz CT molecular complexity index is 1390. The molecule has 0 unspecified atom stereocenters. The number of hydrogen-bond donors (Lipinski definition) is 1. The number of aliphatic carboxylic acids is 1. The maximum absolute atomic E-state index is 11.5. The van der Waals surface area contributed by atoms with Gasteiger partial charge in [0.15, 0.2) is 5.58 Å². The summed E-state index contributed by atoms with van der Waals surface area (Å²) in [5.74, 6) is -0.331. The molecule has 0 spiro atoms. The van der Waals surface area contributed by atoms with E-state index < -0.39 is 5.97 Å². The second-order valence-corrected chi connectivity index (χ2v) is 8.77. The molecule has 5 rings (SSSR count). The number of para-hydroxylation sites is 1. The van der Waals surface area contributed by atoms with E-state index in [9.17, 15) is 9.90 Å². The molecule has 1 aromatic heterocycles. The van der Waals surface area contributed by atoms with E-state index in [4.69, 9.17) is 4.42 Å². The molecule has 0 amide bonds. The standard InChI is InChI=1S/C27H22N2O3S/c1-2-18(15-26-29(17-27(30)31)22-10-6-7-11-24(22)33-26)14-25-28-21-16-20(12-13-23(21)32-25)19-8-4-3-5-9-19/h3-16H,2,17H2,1H3,(H,30,31)/b18-14-,26-15?. The Labute approximate surface area is 196 Å². The van der Waals surface area contributed by atoms with Crippen LogP contribution in [0.3, 0.4) is 0 Å². The highest BCUT2D eigenvalue weighted by atomic mass is 32.2. The lowest BCUT2D eigenvalue weighted by Crippen LogP contribution is -2.25. The third kappa shape index (κ3) is 4.43. The van der Waals surface area contributed by atoms with Crippen LogP contribution in [0.15, 0.2) is 98.8 Å². The van der Waals surface area contributed by atoms with Crippen LogP contribution < -0.4 is 4.90 Å². The molecule has 2 heterocycles. The summed E-state index contributed by atoms with van der Waals surface area (Å²) in [6.07, 6.45) is 4.71. The molecule has 1 aliphatic rings. The van der Waals surface area contributed by atoms with E-state index in [0.29, 0.717) is 5.89 Å². The van der Waals surface area contributed by atoms with Gasteiger partial charge in [-0.1, -0.05) is 67.2 Å². The van der Waals surface area contributed by atoms with Crippen molar-refractivity contribution >= 4 is 40.6 Å². The molecule has 6 heteroatoms. The molecule has 0 radical (unpaired) electrons. The number of benzene rings is 3. The summed E-state index contributed by atoms with van der Waals surface area (Å²) in [5.41, 5.74) is 5.70. The maximum atomic E-state index is 11.5. The largest absolute Gasteiger partial charge is 0.480 e. The van der Waals surface area contributed by atoms with Crippen molar-refractivity contribution in [1.82, 2.24) is 4.98 Å². The maximum Gasteiger partial charge on any atom is 0.323 e. The van der Waals surface area contributed by atoms with E-state index in [1.807, 2.05) is 77.7 Å². The topological polar surface area (TPSA) is 66.6 Å². The summed E-state index contributed by atoms with van der Waals surface area (Å²) >= 11 is 1.58. The van der Waals surface area contributed by atoms with Crippen LogP contribution >= 0.6 is 11.8 Å². The van der Waals surface area contributed by atoms with Gasteiger partial charge in [0.2, 0.25) is 5.89 Å². The van der Waals surface area contributed by atoms with Crippen molar-refractivity contribution in [2.75, 3.05) is 11.4 Å². The molecule has 0 bridgehead atoms. The quantitative estimate of drug-likeness (QED) is 0.345. The molecule has 1 aliphatic heterocycles. The van der Waals surface area contributed by atoms with Gasteiger partial charge in [0.25, 0.3) is 0 Å². The Morgan fingerprint density at radius 1 is 1.06 bits per heavy atom. The number of allylic oxidation sites excluding steroid dienone is 2. The number of fused-ring (bicyclic) bond motifs is 2. The minimum absolute atomic E-state index is 0.0853. The van der Waals surface area contributed by atoms with Gasteiger partial charge in [0, 0.05) is 11.0 Å². The summed E-state index contributed by atoms with van der Waals surface area (Å²) in [7, 11) is 0. The van der Waals surface area contributed by atoms with Crippen LogP contribution in [0.1, 0.15) is 19.2 Å². The van der Waals surface area contributed by atoms with Gasteiger partial charge in [-0.2, -0.15) is 0 Å². The lowest BCUT2D eigenvalue weighted by atomic mass is 10.1. The predicted octanol–water partition coefficient (Wildman–Crippen LogP) is 6.83. The molecule has 33 heavy (non-hydrogen) atoms. The molecule has 0 fully saturated rings. The first-order valence-electron chi connectivity index (χ1n) is 10.7. The van der Waals surface area contributed by atoms with E-state index in [0.717, 1.165) is 49.8 Å². The van der Waals surface area contributed by atoms with Crippen LogP contribution in [0.5, 0.6) is 0 Å². The van der Waals surface area contributed by atoms with Crippen molar-refractivity contribution < 1.29 is 14.3 Å². The highest BCUT2D eigenvalue weighted by Crippen LogP contribution is 2.46.